The predicted molar refractivity (Wildman–Crippen MR) is 55.1 cm³/mol. The van der Waals surface area contributed by atoms with E-state index in [4.69, 9.17) is 4.74 Å². The fraction of sp³-hybridized carbons (Fsp3) is 0.714. The first-order valence-electron chi connectivity index (χ1n) is 4.24. The van der Waals surface area contributed by atoms with Gasteiger partial charge in [-0.15, -0.1) is 11.8 Å². The Morgan fingerprint density at radius 3 is 3.00 bits per heavy atom. The number of esters is 1. The van der Waals surface area contributed by atoms with E-state index >= 15 is 0 Å². The number of carbonyl (C=O) groups excluding carboxylic acids is 2. The molecule has 2 rings (SSSR count). The van der Waals surface area contributed by atoms with Gasteiger partial charge in [0.25, 0.3) is 5.24 Å². The molecule has 0 aromatic carbocycles. The molecule has 0 aliphatic carbocycles. The van der Waals surface area contributed by atoms with E-state index in [1.54, 1.807) is 11.8 Å². The zero-order valence-electron chi connectivity index (χ0n) is 7.32. The molecular formula is C7H10N2O3S2. The Hall–Kier alpha value is -0.400. The van der Waals surface area contributed by atoms with Crippen molar-refractivity contribution in [3.8, 4) is 0 Å². The molecule has 78 valence electrons. The van der Waals surface area contributed by atoms with Crippen LogP contribution in [0, 0.1) is 0 Å². The van der Waals surface area contributed by atoms with Crippen LogP contribution in [0.2, 0.25) is 0 Å². The van der Waals surface area contributed by atoms with Crippen molar-refractivity contribution in [2.24, 2.45) is 0 Å². The minimum absolute atomic E-state index is 0.154. The molecule has 2 atom stereocenters. The number of carbonyl (C=O) groups is 2. The number of ether oxygens (including phenoxy) is 1. The summed E-state index contributed by atoms with van der Waals surface area (Å²) in [5.41, 5.74) is -0.245. The molecule has 1 amide bonds. The Bertz CT molecular complexity index is 255. The average molecular weight is 234 g/mol. The zero-order chi connectivity index (χ0) is 9.97. The van der Waals surface area contributed by atoms with Crippen molar-refractivity contribution < 1.29 is 14.3 Å². The molecule has 2 aliphatic rings. The first-order valence-corrected chi connectivity index (χ1v) is 6.28. The second-order valence-corrected chi connectivity index (χ2v) is 5.05. The van der Waals surface area contributed by atoms with Crippen LogP contribution < -0.4 is 10.6 Å². The van der Waals surface area contributed by atoms with Crippen LogP contribution in [-0.2, 0) is 9.53 Å². The van der Waals surface area contributed by atoms with Gasteiger partial charge in [0.15, 0.2) is 0 Å². The van der Waals surface area contributed by atoms with Gasteiger partial charge in [-0.25, -0.2) is 4.79 Å². The van der Waals surface area contributed by atoms with E-state index in [9.17, 15) is 9.59 Å². The first kappa shape index (κ1) is 10.1. The summed E-state index contributed by atoms with van der Waals surface area (Å²) in [5, 5.41) is 5.41. The van der Waals surface area contributed by atoms with Gasteiger partial charge in [-0.3, -0.25) is 10.1 Å². The van der Waals surface area contributed by atoms with E-state index in [1.807, 2.05) is 0 Å². The molecule has 0 bridgehead atoms. The number of hydrogen-bond donors (Lipinski definition) is 2. The highest BCUT2D eigenvalue weighted by molar-refractivity contribution is 8.14. The molecular weight excluding hydrogens is 224 g/mol. The summed E-state index contributed by atoms with van der Waals surface area (Å²) in [5.74, 6) is 1.06. The lowest BCUT2D eigenvalue weighted by Gasteiger charge is -2.14. The Morgan fingerprint density at radius 1 is 1.57 bits per heavy atom. The Kier molecular flexibility index (Phi) is 3.19. The van der Waals surface area contributed by atoms with Gasteiger partial charge in [0.1, 0.15) is 6.04 Å². The maximum atomic E-state index is 11.4. The third-order valence-electron chi connectivity index (χ3n) is 1.86. The molecule has 2 N–H and O–H groups in total. The SMILES string of the molecule is O=C1NC(C(=O)OC2NCCS2)CS1. The summed E-state index contributed by atoms with van der Waals surface area (Å²) >= 11 is 2.67. The highest BCUT2D eigenvalue weighted by atomic mass is 32.2. The lowest BCUT2D eigenvalue weighted by Crippen LogP contribution is -2.39. The molecule has 0 saturated carbocycles. The number of rotatable bonds is 2. The largest absolute Gasteiger partial charge is 0.435 e. The van der Waals surface area contributed by atoms with Crippen LogP contribution in [0.25, 0.3) is 0 Å². The maximum absolute atomic E-state index is 11.4. The summed E-state index contributed by atoms with van der Waals surface area (Å²) < 4.78 is 5.13. The van der Waals surface area contributed by atoms with Gasteiger partial charge in [0, 0.05) is 18.1 Å². The molecule has 0 aromatic heterocycles. The van der Waals surface area contributed by atoms with Crippen molar-refractivity contribution in [2.75, 3.05) is 18.1 Å². The molecule has 2 heterocycles. The van der Waals surface area contributed by atoms with Crippen molar-refractivity contribution in [3.63, 3.8) is 0 Å². The Balaban J connectivity index is 1.80. The summed E-state index contributed by atoms with van der Waals surface area (Å²) in [6, 6.07) is -0.476. The van der Waals surface area contributed by atoms with E-state index in [0.29, 0.717) is 5.75 Å². The lowest BCUT2D eigenvalue weighted by atomic mass is 10.3. The Labute approximate surface area is 89.7 Å². The van der Waals surface area contributed by atoms with Crippen LogP contribution in [0.15, 0.2) is 0 Å². The maximum Gasteiger partial charge on any atom is 0.331 e. The van der Waals surface area contributed by atoms with Gasteiger partial charge in [-0.2, -0.15) is 0 Å². The summed E-state index contributed by atoms with van der Waals surface area (Å²) in [6.07, 6.45) is 0. The number of thioether (sulfide) groups is 2. The van der Waals surface area contributed by atoms with Crippen LogP contribution in [-0.4, -0.2) is 40.9 Å². The molecule has 2 aliphatic heterocycles. The van der Waals surface area contributed by atoms with Gasteiger partial charge in [0.05, 0.1) is 0 Å². The fourth-order valence-corrected chi connectivity index (χ4v) is 2.79. The smallest absolute Gasteiger partial charge is 0.331 e. The first-order chi connectivity index (χ1) is 6.75. The molecule has 2 saturated heterocycles. The van der Waals surface area contributed by atoms with Gasteiger partial charge in [0.2, 0.25) is 5.56 Å². The summed E-state index contributed by atoms with van der Waals surface area (Å²) in [6.45, 7) is 0.856. The van der Waals surface area contributed by atoms with Crippen molar-refractivity contribution in [1.82, 2.24) is 10.6 Å². The number of amides is 1. The van der Waals surface area contributed by atoms with E-state index < -0.39 is 6.04 Å². The zero-order valence-corrected chi connectivity index (χ0v) is 8.95. The number of hydrogen-bond acceptors (Lipinski definition) is 6. The minimum atomic E-state index is -0.476. The summed E-state index contributed by atoms with van der Waals surface area (Å²) in [4.78, 5) is 22.3. The highest BCUT2D eigenvalue weighted by Crippen LogP contribution is 2.18. The standard InChI is InChI=1S/C7H10N2O3S2/c10-5(4-3-14-6(11)9-4)12-7-8-1-2-13-7/h4,7-8H,1-3H2,(H,9,11). The average Bonchev–Trinajstić information content (AvgIpc) is 2.75. The monoisotopic (exact) mass is 234 g/mol. The second-order valence-electron chi connectivity index (χ2n) is 2.89. The predicted octanol–water partition coefficient (Wildman–Crippen LogP) is -0.0254. The molecule has 0 spiro atoms. The fourth-order valence-electron chi connectivity index (χ4n) is 1.18. The molecule has 0 radical (unpaired) electrons. The molecule has 14 heavy (non-hydrogen) atoms. The van der Waals surface area contributed by atoms with E-state index in [1.165, 1.54) is 0 Å². The molecule has 0 aromatic rings. The normalized spacial score (nSPS) is 31.6. The van der Waals surface area contributed by atoms with Crippen LogP contribution >= 0.6 is 23.5 Å². The van der Waals surface area contributed by atoms with E-state index in [0.717, 1.165) is 24.1 Å². The van der Waals surface area contributed by atoms with Crippen LogP contribution in [0.1, 0.15) is 0 Å². The van der Waals surface area contributed by atoms with Gasteiger partial charge in [-0.05, 0) is 0 Å². The minimum Gasteiger partial charge on any atom is -0.435 e. The lowest BCUT2D eigenvalue weighted by molar-refractivity contribution is -0.147. The van der Waals surface area contributed by atoms with Crippen LogP contribution in [0.5, 0.6) is 0 Å². The van der Waals surface area contributed by atoms with Gasteiger partial charge in [-0.1, -0.05) is 11.8 Å². The van der Waals surface area contributed by atoms with Crippen molar-refractivity contribution in [3.05, 3.63) is 0 Å². The van der Waals surface area contributed by atoms with Gasteiger partial charge >= 0.3 is 5.97 Å². The van der Waals surface area contributed by atoms with Crippen LogP contribution in [0.3, 0.4) is 0 Å². The molecule has 7 heteroatoms. The van der Waals surface area contributed by atoms with Crippen molar-refractivity contribution in [1.29, 1.82) is 0 Å². The van der Waals surface area contributed by atoms with Crippen molar-refractivity contribution >= 4 is 34.7 Å². The highest BCUT2D eigenvalue weighted by Gasteiger charge is 2.31. The topological polar surface area (TPSA) is 67.4 Å². The van der Waals surface area contributed by atoms with Gasteiger partial charge < -0.3 is 10.1 Å². The van der Waals surface area contributed by atoms with E-state index in [2.05, 4.69) is 10.6 Å². The quantitative estimate of drug-likeness (QED) is 0.654. The molecule has 2 unspecified atom stereocenters. The van der Waals surface area contributed by atoms with Crippen LogP contribution in [0.4, 0.5) is 4.79 Å². The number of nitrogens with one attached hydrogen (secondary N) is 2. The third-order valence-corrected chi connectivity index (χ3v) is 3.75. The second kappa shape index (κ2) is 4.41. The third kappa shape index (κ3) is 2.34. The van der Waals surface area contributed by atoms with E-state index in [-0.39, 0.29) is 16.8 Å². The Morgan fingerprint density at radius 2 is 2.43 bits per heavy atom. The molecule has 5 nitrogen and oxygen atoms in total. The van der Waals surface area contributed by atoms with Crippen molar-refractivity contribution in [2.45, 2.75) is 11.6 Å². The molecule has 2 fully saturated rings. The summed E-state index contributed by atoms with van der Waals surface area (Å²) in [7, 11) is 0.